The van der Waals surface area contributed by atoms with Crippen LogP contribution in [0.4, 0.5) is 0 Å². The maximum Gasteiger partial charge on any atom is 0.167 e. The second kappa shape index (κ2) is 6.52. The molecule has 0 spiro atoms. The number of thiocarbonyl (C=S) groups is 1. The summed E-state index contributed by atoms with van der Waals surface area (Å²) in [4.78, 5) is 1.29. The summed E-state index contributed by atoms with van der Waals surface area (Å²) in [7, 11) is 0. The molecule has 0 fully saturated rings. The van der Waals surface area contributed by atoms with Crippen LogP contribution in [0.2, 0.25) is 0 Å². The van der Waals surface area contributed by atoms with Crippen LogP contribution in [0.5, 0.6) is 0 Å². The normalized spacial score (nSPS) is 11.8. The molecule has 2 nitrogen and oxygen atoms in total. The Kier molecular flexibility index (Phi) is 4.73. The Labute approximate surface area is 117 Å². The first kappa shape index (κ1) is 13.1. The highest BCUT2D eigenvalue weighted by Crippen LogP contribution is 2.17. The third-order valence-corrected chi connectivity index (χ3v) is 3.93. The molecule has 0 amide bonds. The lowest BCUT2D eigenvalue weighted by Gasteiger charge is -2.15. The minimum atomic E-state index is 0.251. The molecular formula is C14H16N2S2. The molecular weight excluding hydrogens is 260 g/mol. The molecule has 1 aromatic carbocycles. The van der Waals surface area contributed by atoms with Gasteiger partial charge in [0, 0.05) is 11.4 Å². The number of rotatable bonds is 4. The van der Waals surface area contributed by atoms with Gasteiger partial charge in [-0.1, -0.05) is 36.4 Å². The van der Waals surface area contributed by atoms with Crippen LogP contribution in [0.1, 0.15) is 23.4 Å². The minimum absolute atomic E-state index is 0.251. The highest BCUT2D eigenvalue weighted by molar-refractivity contribution is 7.80. The van der Waals surface area contributed by atoms with Crippen molar-refractivity contribution in [2.75, 3.05) is 0 Å². The first-order valence-corrected chi connectivity index (χ1v) is 7.16. The smallest absolute Gasteiger partial charge is 0.167 e. The Morgan fingerprint density at radius 1 is 1.22 bits per heavy atom. The zero-order valence-electron chi connectivity index (χ0n) is 10.2. The molecule has 2 rings (SSSR count). The Balaban J connectivity index is 1.79. The fourth-order valence-electron chi connectivity index (χ4n) is 1.63. The van der Waals surface area contributed by atoms with Crippen LogP contribution in [-0.2, 0) is 6.54 Å². The van der Waals surface area contributed by atoms with Gasteiger partial charge in [0.25, 0.3) is 0 Å². The van der Waals surface area contributed by atoms with Crippen LogP contribution in [-0.4, -0.2) is 5.11 Å². The van der Waals surface area contributed by atoms with E-state index in [-0.39, 0.29) is 6.04 Å². The van der Waals surface area contributed by atoms with Crippen LogP contribution < -0.4 is 10.6 Å². The van der Waals surface area contributed by atoms with Gasteiger partial charge in [0.15, 0.2) is 5.11 Å². The van der Waals surface area contributed by atoms with Crippen molar-refractivity contribution in [1.29, 1.82) is 0 Å². The van der Waals surface area contributed by atoms with Crippen LogP contribution in [0.25, 0.3) is 0 Å². The van der Waals surface area contributed by atoms with E-state index >= 15 is 0 Å². The topological polar surface area (TPSA) is 24.1 Å². The summed E-state index contributed by atoms with van der Waals surface area (Å²) in [5.74, 6) is 0. The standard InChI is InChI=1S/C14H16N2S2/c1-11(13-8-5-9-18-13)16-14(17)15-10-12-6-3-2-4-7-12/h2-9,11H,10H2,1H3,(H2,15,16,17)/t11-/m0/s1. The molecule has 0 radical (unpaired) electrons. The van der Waals surface area contributed by atoms with E-state index in [1.807, 2.05) is 18.2 Å². The number of thiophene rings is 1. The maximum absolute atomic E-state index is 5.29. The molecule has 2 N–H and O–H groups in total. The predicted octanol–water partition coefficient (Wildman–Crippen LogP) is 3.47. The van der Waals surface area contributed by atoms with E-state index < -0.39 is 0 Å². The van der Waals surface area contributed by atoms with Gasteiger partial charge in [-0.3, -0.25) is 0 Å². The zero-order valence-corrected chi connectivity index (χ0v) is 11.9. The number of nitrogens with one attached hydrogen (secondary N) is 2. The molecule has 2 aromatic rings. The Hall–Kier alpha value is -1.39. The Morgan fingerprint density at radius 2 is 2.00 bits per heavy atom. The summed E-state index contributed by atoms with van der Waals surface area (Å²) < 4.78 is 0. The predicted molar refractivity (Wildman–Crippen MR) is 81.7 cm³/mol. The van der Waals surface area contributed by atoms with Crippen LogP contribution in [0, 0.1) is 0 Å². The van der Waals surface area contributed by atoms with Crippen molar-refractivity contribution in [3.63, 3.8) is 0 Å². The van der Waals surface area contributed by atoms with Crippen molar-refractivity contribution >= 4 is 28.7 Å². The molecule has 18 heavy (non-hydrogen) atoms. The van der Waals surface area contributed by atoms with Crippen molar-refractivity contribution in [3.05, 3.63) is 58.3 Å². The lowest BCUT2D eigenvalue weighted by atomic mass is 10.2. The summed E-state index contributed by atoms with van der Waals surface area (Å²) in [6.07, 6.45) is 0. The summed E-state index contributed by atoms with van der Waals surface area (Å²) in [5.41, 5.74) is 1.23. The van der Waals surface area contributed by atoms with Crippen molar-refractivity contribution in [2.24, 2.45) is 0 Å². The van der Waals surface area contributed by atoms with Gasteiger partial charge in [0.2, 0.25) is 0 Å². The third kappa shape index (κ3) is 3.82. The fourth-order valence-corrected chi connectivity index (χ4v) is 2.62. The van der Waals surface area contributed by atoms with E-state index in [9.17, 15) is 0 Å². The molecule has 0 unspecified atom stereocenters. The van der Waals surface area contributed by atoms with Crippen molar-refractivity contribution in [3.8, 4) is 0 Å². The molecule has 0 aliphatic rings. The molecule has 0 aliphatic carbocycles. The maximum atomic E-state index is 5.29. The zero-order chi connectivity index (χ0) is 12.8. The molecule has 1 aromatic heterocycles. The van der Waals surface area contributed by atoms with E-state index in [4.69, 9.17) is 12.2 Å². The molecule has 0 saturated heterocycles. The second-order valence-electron chi connectivity index (χ2n) is 4.05. The SMILES string of the molecule is C[C@H](NC(=S)NCc1ccccc1)c1cccs1. The van der Waals surface area contributed by atoms with Crippen molar-refractivity contribution < 1.29 is 0 Å². The van der Waals surface area contributed by atoms with E-state index in [2.05, 4.69) is 47.2 Å². The first-order chi connectivity index (χ1) is 8.75. The second-order valence-corrected chi connectivity index (χ2v) is 5.44. The molecule has 4 heteroatoms. The summed E-state index contributed by atoms with van der Waals surface area (Å²) in [6, 6.07) is 14.7. The summed E-state index contributed by atoms with van der Waals surface area (Å²) in [5, 5.41) is 9.27. The van der Waals surface area contributed by atoms with Gasteiger partial charge < -0.3 is 10.6 Å². The lowest BCUT2D eigenvalue weighted by Crippen LogP contribution is -2.36. The van der Waals surface area contributed by atoms with Crippen LogP contribution in [0.15, 0.2) is 47.8 Å². The number of benzene rings is 1. The molecule has 0 aliphatic heterocycles. The molecule has 94 valence electrons. The molecule has 1 atom stereocenters. The quantitative estimate of drug-likeness (QED) is 0.836. The van der Waals surface area contributed by atoms with Gasteiger partial charge in [-0.25, -0.2) is 0 Å². The largest absolute Gasteiger partial charge is 0.359 e. The fraction of sp³-hybridized carbons (Fsp3) is 0.214. The van der Waals surface area contributed by atoms with E-state index in [0.717, 1.165) is 6.54 Å². The Bertz CT molecular complexity index is 480. The van der Waals surface area contributed by atoms with Gasteiger partial charge in [0.1, 0.15) is 0 Å². The lowest BCUT2D eigenvalue weighted by molar-refractivity contribution is 0.710. The minimum Gasteiger partial charge on any atom is -0.359 e. The monoisotopic (exact) mass is 276 g/mol. The third-order valence-electron chi connectivity index (χ3n) is 2.61. The van der Waals surface area contributed by atoms with Gasteiger partial charge in [-0.05, 0) is 36.2 Å². The van der Waals surface area contributed by atoms with Crippen molar-refractivity contribution in [2.45, 2.75) is 19.5 Å². The van der Waals surface area contributed by atoms with E-state index in [0.29, 0.717) is 5.11 Å². The van der Waals surface area contributed by atoms with E-state index in [1.165, 1.54) is 10.4 Å². The Morgan fingerprint density at radius 3 is 2.67 bits per heavy atom. The van der Waals surface area contributed by atoms with Gasteiger partial charge >= 0.3 is 0 Å². The van der Waals surface area contributed by atoms with E-state index in [1.54, 1.807) is 11.3 Å². The number of hydrogen-bond acceptors (Lipinski definition) is 2. The molecule has 0 saturated carbocycles. The molecule has 1 heterocycles. The average Bonchev–Trinajstić information content (AvgIpc) is 2.91. The number of hydrogen-bond donors (Lipinski definition) is 2. The van der Waals surface area contributed by atoms with Crippen LogP contribution >= 0.6 is 23.6 Å². The van der Waals surface area contributed by atoms with Gasteiger partial charge in [-0.15, -0.1) is 11.3 Å². The average molecular weight is 276 g/mol. The highest BCUT2D eigenvalue weighted by atomic mass is 32.1. The van der Waals surface area contributed by atoms with Crippen LogP contribution in [0.3, 0.4) is 0 Å². The summed E-state index contributed by atoms with van der Waals surface area (Å²) in [6.45, 7) is 2.87. The molecule has 0 bridgehead atoms. The summed E-state index contributed by atoms with van der Waals surface area (Å²) >= 11 is 7.02. The van der Waals surface area contributed by atoms with Gasteiger partial charge in [-0.2, -0.15) is 0 Å². The first-order valence-electron chi connectivity index (χ1n) is 5.87. The highest BCUT2D eigenvalue weighted by Gasteiger charge is 2.07. The van der Waals surface area contributed by atoms with Crippen molar-refractivity contribution in [1.82, 2.24) is 10.6 Å². The van der Waals surface area contributed by atoms with Gasteiger partial charge in [0.05, 0.1) is 6.04 Å².